The third kappa shape index (κ3) is 2.88. The number of hydrogen-bond acceptors (Lipinski definition) is 3. The molecule has 3 rings (SSSR count). The van der Waals surface area contributed by atoms with Gasteiger partial charge in [0.2, 0.25) is 0 Å². The van der Waals surface area contributed by atoms with Crippen LogP contribution < -0.4 is 5.32 Å². The molecule has 1 atom stereocenters. The van der Waals surface area contributed by atoms with E-state index in [4.69, 9.17) is 11.6 Å². The van der Waals surface area contributed by atoms with E-state index in [1.54, 1.807) is 23.5 Å². The SMILES string of the molecule is Fc1cc([C@@H](c2cccs2)N2CCNCC2)ccc1Cl. The number of nitrogens with one attached hydrogen (secondary N) is 1. The Hall–Kier alpha value is -0.940. The highest BCUT2D eigenvalue weighted by Gasteiger charge is 2.25. The minimum atomic E-state index is -0.346. The summed E-state index contributed by atoms with van der Waals surface area (Å²) in [6.07, 6.45) is 0. The lowest BCUT2D eigenvalue weighted by Gasteiger charge is -2.34. The summed E-state index contributed by atoms with van der Waals surface area (Å²) in [5.74, 6) is -0.346. The van der Waals surface area contributed by atoms with Gasteiger partial charge in [-0.05, 0) is 29.1 Å². The van der Waals surface area contributed by atoms with Crippen molar-refractivity contribution in [1.29, 1.82) is 0 Å². The van der Waals surface area contributed by atoms with Crippen molar-refractivity contribution in [1.82, 2.24) is 10.2 Å². The fourth-order valence-electron chi connectivity index (χ4n) is 2.62. The van der Waals surface area contributed by atoms with Gasteiger partial charge < -0.3 is 5.32 Å². The molecule has 2 aromatic rings. The zero-order valence-electron chi connectivity index (χ0n) is 11.0. The van der Waals surface area contributed by atoms with E-state index in [-0.39, 0.29) is 16.9 Å². The lowest BCUT2D eigenvalue weighted by atomic mass is 10.0. The van der Waals surface area contributed by atoms with E-state index in [1.165, 1.54) is 4.88 Å². The van der Waals surface area contributed by atoms with Crippen LogP contribution in [0.3, 0.4) is 0 Å². The molecule has 0 radical (unpaired) electrons. The first-order valence-corrected chi connectivity index (χ1v) is 7.94. The molecule has 0 aliphatic carbocycles. The van der Waals surface area contributed by atoms with Crippen molar-refractivity contribution in [2.45, 2.75) is 6.04 Å². The molecule has 20 heavy (non-hydrogen) atoms. The summed E-state index contributed by atoms with van der Waals surface area (Å²) in [6, 6.07) is 9.41. The first kappa shape index (κ1) is 14.0. The van der Waals surface area contributed by atoms with Gasteiger partial charge in [0.1, 0.15) is 5.82 Å². The minimum absolute atomic E-state index is 0.115. The van der Waals surface area contributed by atoms with Crippen molar-refractivity contribution in [2.24, 2.45) is 0 Å². The van der Waals surface area contributed by atoms with Crippen LogP contribution in [0.1, 0.15) is 16.5 Å². The lowest BCUT2D eigenvalue weighted by Crippen LogP contribution is -2.45. The van der Waals surface area contributed by atoms with Crippen molar-refractivity contribution < 1.29 is 4.39 Å². The monoisotopic (exact) mass is 310 g/mol. The van der Waals surface area contributed by atoms with Gasteiger partial charge in [-0.25, -0.2) is 4.39 Å². The Morgan fingerprint density at radius 2 is 2.05 bits per heavy atom. The average Bonchev–Trinajstić information content (AvgIpc) is 2.98. The summed E-state index contributed by atoms with van der Waals surface area (Å²) in [7, 11) is 0. The number of benzene rings is 1. The van der Waals surface area contributed by atoms with Gasteiger partial charge in [-0.15, -0.1) is 11.3 Å². The zero-order chi connectivity index (χ0) is 13.9. The van der Waals surface area contributed by atoms with Crippen molar-refractivity contribution in [3.8, 4) is 0 Å². The molecule has 1 aliphatic heterocycles. The average molecular weight is 311 g/mol. The van der Waals surface area contributed by atoms with Crippen molar-refractivity contribution in [3.63, 3.8) is 0 Å². The summed E-state index contributed by atoms with van der Waals surface area (Å²) in [5.41, 5.74) is 0.969. The van der Waals surface area contributed by atoms with Gasteiger partial charge in [-0.1, -0.05) is 23.7 Å². The van der Waals surface area contributed by atoms with Gasteiger partial charge in [-0.3, -0.25) is 4.90 Å². The molecule has 1 fully saturated rings. The molecule has 1 N–H and O–H groups in total. The maximum absolute atomic E-state index is 13.8. The van der Waals surface area contributed by atoms with Crippen molar-refractivity contribution in [2.75, 3.05) is 26.2 Å². The summed E-state index contributed by atoms with van der Waals surface area (Å²) in [5, 5.41) is 5.60. The van der Waals surface area contributed by atoms with Crippen LogP contribution in [0.5, 0.6) is 0 Å². The fourth-order valence-corrected chi connectivity index (χ4v) is 3.63. The molecule has 0 unspecified atom stereocenters. The predicted octanol–water partition coefficient (Wildman–Crippen LogP) is 3.54. The fraction of sp³-hybridized carbons (Fsp3) is 0.333. The number of nitrogens with zero attached hydrogens (tertiary/aromatic N) is 1. The molecule has 1 aromatic carbocycles. The van der Waals surface area contributed by atoms with Crippen molar-refractivity contribution >= 4 is 22.9 Å². The molecule has 106 valence electrons. The molecule has 5 heteroatoms. The maximum Gasteiger partial charge on any atom is 0.142 e. The van der Waals surface area contributed by atoms with Crippen LogP contribution in [0.4, 0.5) is 4.39 Å². The molecule has 2 heterocycles. The Kier molecular flexibility index (Phi) is 4.36. The van der Waals surface area contributed by atoms with Crippen LogP contribution in [0.25, 0.3) is 0 Å². The molecule has 1 aliphatic rings. The van der Waals surface area contributed by atoms with Gasteiger partial charge in [0.05, 0.1) is 11.1 Å². The van der Waals surface area contributed by atoms with Crippen LogP contribution in [0.15, 0.2) is 35.7 Å². The largest absolute Gasteiger partial charge is 0.314 e. The Bertz CT molecular complexity index is 567. The van der Waals surface area contributed by atoms with Gasteiger partial charge in [0.25, 0.3) is 0 Å². The van der Waals surface area contributed by atoms with Crippen LogP contribution in [-0.4, -0.2) is 31.1 Å². The molecule has 0 bridgehead atoms. The van der Waals surface area contributed by atoms with Crippen LogP contribution in [0.2, 0.25) is 5.02 Å². The maximum atomic E-state index is 13.8. The Labute approximate surface area is 127 Å². The minimum Gasteiger partial charge on any atom is -0.314 e. The van der Waals surface area contributed by atoms with E-state index in [2.05, 4.69) is 21.7 Å². The van der Waals surface area contributed by atoms with Gasteiger partial charge in [0, 0.05) is 31.1 Å². The molecule has 2 nitrogen and oxygen atoms in total. The lowest BCUT2D eigenvalue weighted by molar-refractivity contribution is 0.200. The van der Waals surface area contributed by atoms with Crippen LogP contribution in [-0.2, 0) is 0 Å². The Morgan fingerprint density at radius 1 is 1.25 bits per heavy atom. The van der Waals surface area contributed by atoms with E-state index in [0.717, 1.165) is 31.7 Å². The van der Waals surface area contributed by atoms with Gasteiger partial charge >= 0.3 is 0 Å². The van der Waals surface area contributed by atoms with E-state index < -0.39 is 0 Å². The molecular formula is C15H16ClFN2S. The molecule has 0 saturated carbocycles. The summed E-state index contributed by atoms with van der Waals surface area (Å²) in [6.45, 7) is 3.87. The molecule has 0 amide bonds. The highest BCUT2D eigenvalue weighted by Crippen LogP contribution is 2.33. The highest BCUT2D eigenvalue weighted by atomic mass is 35.5. The number of hydrogen-bond donors (Lipinski definition) is 1. The smallest absolute Gasteiger partial charge is 0.142 e. The van der Waals surface area contributed by atoms with Gasteiger partial charge in [-0.2, -0.15) is 0 Å². The number of piperazine rings is 1. The zero-order valence-corrected chi connectivity index (χ0v) is 12.6. The van der Waals surface area contributed by atoms with Crippen molar-refractivity contribution in [3.05, 3.63) is 57.0 Å². The molecule has 1 aromatic heterocycles. The van der Waals surface area contributed by atoms with E-state index >= 15 is 0 Å². The second kappa shape index (κ2) is 6.22. The molecule has 1 saturated heterocycles. The third-order valence-corrected chi connectivity index (χ3v) is 4.82. The third-order valence-electron chi connectivity index (χ3n) is 3.59. The summed E-state index contributed by atoms with van der Waals surface area (Å²) in [4.78, 5) is 3.64. The first-order chi connectivity index (χ1) is 9.75. The van der Waals surface area contributed by atoms with E-state index in [9.17, 15) is 4.39 Å². The number of halogens is 2. The standard InChI is InChI=1S/C15H16ClFN2S/c16-12-4-3-11(10-13(12)17)15(14-2-1-9-20-14)19-7-5-18-6-8-19/h1-4,9-10,15,18H,5-8H2/t15-/m0/s1. The predicted molar refractivity (Wildman–Crippen MR) is 82.0 cm³/mol. The summed E-state index contributed by atoms with van der Waals surface area (Å²) >= 11 is 7.51. The highest BCUT2D eigenvalue weighted by molar-refractivity contribution is 7.10. The molecule has 0 spiro atoms. The topological polar surface area (TPSA) is 15.3 Å². The van der Waals surface area contributed by atoms with Gasteiger partial charge in [0.15, 0.2) is 0 Å². The second-order valence-electron chi connectivity index (χ2n) is 4.88. The quantitative estimate of drug-likeness (QED) is 0.933. The van der Waals surface area contributed by atoms with Crippen LogP contribution >= 0.6 is 22.9 Å². The second-order valence-corrected chi connectivity index (χ2v) is 6.26. The van der Waals surface area contributed by atoms with Crippen LogP contribution in [0, 0.1) is 5.82 Å². The first-order valence-electron chi connectivity index (χ1n) is 6.69. The Morgan fingerprint density at radius 3 is 2.70 bits per heavy atom. The van der Waals surface area contributed by atoms with E-state index in [1.807, 2.05) is 12.1 Å². The normalized spacial score (nSPS) is 18.1. The Balaban J connectivity index is 1.98. The number of thiophene rings is 1. The molecular weight excluding hydrogens is 295 g/mol. The summed E-state index contributed by atoms with van der Waals surface area (Å²) < 4.78 is 13.8. The van der Waals surface area contributed by atoms with E-state index in [0.29, 0.717) is 0 Å². The number of rotatable bonds is 3.